The molecule has 0 aliphatic heterocycles. The van der Waals surface area contributed by atoms with Crippen molar-refractivity contribution >= 4 is 17.6 Å². The summed E-state index contributed by atoms with van der Waals surface area (Å²) in [7, 11) is 0. The summed E-state index contributed by atoms with van der Waals surface area (Å²) in [4.78, 5) is 24.2. The van der Waals surface area contributed by atoms with Gasteiger partial charge >= 0.3 is 5.97 Å². The summed E-state index contributed by atoms with van der Waals surface area (Å²) in [6.45, 7) is 4.39. The van der Waals surface area contributed by atoms with E-state index in [0.29, 0.717) is 17.7 Å². The van der Waals surface area contributed by atoms with Crippen molar-refractivity contribution in [2.45, 2.75) is 26.7 Å². The maximum atomic E-state index is 12.3. The number of nitrogens with one attached hydrogen (secondary N) is 1. The molecule has 2 aromatic carbocycles. The number of esters is 1. The molecule has 0 spiro atoms. The molecule has 0 atom stereocenters. The minimum absolute atomic E-state index is 0.251. The van der Waals surface area contributed by atoms with E-state index in [0.717, 1.165) is 24.1 Å². The van der Waals surface area contributed by atoms with E-state index in [1.54, 1.807) is 24.3 Å². The van der Waals surface area contributed by atoms with Gasteiger partial charge in [-0.25, -0.2) is 4.79 Å². The molecule has 0 saturated heterocycles. The highest BCUT2D eigenvalue weighted by Crippen LogP contribution is 2.13. The number of ether oxygens (including phenoxy) is 1. The van der Waals surface area contributed by atoms with Gasteiger partial charge in [0, 0.05) is 11.3 Å². The molecule has 0 heterocycles. The Morgan fingerprint density at radius 1 is 1.04 bits per heavy atom. The Kier molecular flexibility index (Phi) is 5.92. The average Bonchev–Trinajstić information content (AvgIpc) is 2.55. The van der Waals surface area contributed by atoms with Gasteiger partial charge in [-0.3, -0.25) is 4.79 Å². The number of amides is 1. The second-order valence-corrected chi connectivity index (χ2v) is 5.39. The molecule has 0 unspecified atom stereocenters. The highest BCUT2D eigenvalue weighted by molar-refractivity contribution is 6.05. The van der Waals surface area contributed by atoms with Crippen molar-refractivity contribution in [1.29, 1.82) is 0 Å². The lowest BCUT2D eigenvalue weighted by Crippen LogP contribution is -2.13. The van der Waals surface area contributed by atoms with Gasteiger partial charge in [-0.15, -0.1) is 0 Å². The second-order valence-electron chi connectivity index (χ2n) is 5.39. The quantitative estimate of drug-likeness (QED) is 0.642. The minimum atomic E-state index is -0.399. The van der Waals surface area contributed by atoms with Gasteiger partial charge in [0.05, 0.1) is 12.2 Å². The summed E-state index contributed by atoms with van der Waals surface area (Å²) < 4.78 is 5.17. The molecule has 23 heavy (non-hydrogen) atoms. The zero-order valence-electron chi connectivity index (χ0n) is 13.5. The van der Waals surface area contributed by atoms with Crippen LogP contribution < -0.4 is 5.32 Å². The molecule has 0 aliphatic rings. The number of unbranched alkanes of at least 4 members (excludes halogenated alkanes) is 1. The molecule has 2 rings (SSSR count). The zero-order chi connectivity index (χ0) is 16.7. The van der Waals surface area contributed by atoms with E-state index in [1.807, 2.05) is 38.1 Å². The van der Waals surface area contributed by atoms with Gasteiger partial charge in [-0.1, -0.05) is 31.5 Å². The van der Waals surface area contributed by atoms with Gasteiger partial charge in [0.25, 0.3) is 5.91 Å². The molecule has 0 radical (unpaired) electrons. The van der Waals surface area contributed by atoms with Crippen molar-refractivity contribution in [1.82, 2.24) is 0 Å². The fraction of sp³-hybridized carbons (Fsp3) is 0.263. The first-order chi connectivity index (χ1) is 11.1. The molecule has 1 N–H and O–H groups in total. The maximum Gasteiger partial charge on any atom is 0.338 e. The van der Waals surface area contributed by atoms with Crippen molar-refractivity contribution < 1.29 is 14.3 Å². The van der Waals surface area contributed by atoms with Crippen LogP contribution in [0.4, 0.5) is 5.69 Å². The van der Waals surface area contributed by atoms with E-state index in [4.69, 9.17) is 4.74 Å². The topological polar surface area (TPSA) is 55.4 Å². The Morgan fingerprint density at radius 3 is 2.52 bits per heavy atom. The molecule has 4 heteroatoms. The summed E-state index contributed by atoms with van der Waals surface area (Å²) in [6.07, 6.45) is 1.80. The number of aryl methyl sites for hydroxylation is 1. The standard InChI is InChI=1S/C19H21NO3/c1-3-4-11-23-19(22)16-9-6-8-15(13-16)18(21)20-17-10-5-7-14(2)12-17/h5-10,12-13H,3-4,11H2,1-2H3,(H,20,21). The van der Waals surface area contributed by atoms with E-state index in [9.17, 15) is 9.59 Å². The van der Waals surface area contributed by atoms with Crippen LogP contribution in [0.5, 0.6) is 0 Å². The third-order valence-electron chi connectivity index (χ3n) is 3.37. The van der Waals surface area contributed by atoms with E-state index in [1.165, 1.54) is 0 Å². The van der Waals surface area contributed by atoms with E-state index in [-0.39, 0.29) is 5.91 Å². The predicted molar refractivity (Wildman–Crippen MR) is 90.8 cm³/mol. The second kappa shape index (κ2) is 8.13. The lowest BCUT2D eigenvalue weighted by molar-refractivity contribution is 0.0499. The SMILES string of the molecule is CCCCOC(=O)c1cccc(C(=O)Nc2cccc(C)c2)c1. The van der Waals surface area contributed by atoms with Crippen molar-refractivity contribution in [2.24, 2.45) is 0 Å². The molecule has 2 aromatic rings. The lowest BCUT2D eigenvalue weighted by atomic mass is 10.1. The molecule has 120 valence electrons. The summed E-state index contributed by atoms with van der Waals surface area (Å²) in [5.41, 5.74) is 2.61. The first-order valence-electron chi connectivity index (χ1n) is 7.75. The molecule has 0 aliphatic carbocycles. The smallest absolute Gasteiger partial charge is 0.338 e. The van der Waals surface area contributed by atoms with E-state index >= 15 is 0 Å². The first-order valence-corrected chi connectivity index (χ1v) is 7.75. The van der Waals surface area contributed by atoms with Gasteiger partial charge in [-0.2, -0.15) is 0 Å². The average molecular weight is 311 g/mol. The first kappa shape index (κ1) is 16.7. The van der Waals surface area contributed by atoms with Gasteiger partial charge in [-0.05, 0) is 49.2 Å². The number of rotatable bonds is 6. The van der Waals surface area contributed by atoms with Crippen LogP contribution in [-0.2, 0) is 4.74 Å². The molecular weight excluding hydrogens is 290 g/mol. The van der Waals surface area contributed by atoms with Gasteiger partial charge in [0.1, 0.15) is 0 Å². The monoisotopic (exact) mass is 311 g/mol. The highest BCUT2D eigenvalue weighted by atomic mass is 16.5. The van der Waals surface area contributed by atoms with Crippen LogP contribution in [0.25, 0.3) is 0 Å². The van der Waals surface area contributed by atoms with Crippen molar-refractivity contribution in [3.8, 4) is 0 Å². The van der Waals surface area contributed by atoms with Crippen LogP contribution in [0.2, 0.25) is 0 Å². The van der Waals surface area contributed by atoms with Crippen molar-refractivity contribution in [2.75, 3.05) is 11.9 Å². The van der Waals surface area contributed by atoms with Crippen LogP contribution in [0.1, 0.15) is 46.0 Å². The third-order valence-corrected chi connectivity index (χ3v) is 3.37. The van der Waals surface area contributed by atoms with Gasteiger partial charge in [0.2, 0.25) is 0 Å². The number of carbonyl (C=O) groups is 2. The zero-order valence-corrected chi connectivity index (χ0v) is 13.5. The summed E-state index contributed by atoms with van der Waals surface area (Å²) in [5, 5.41) is 2.83. The third kappa shape index (κ3) is 4.95. The Morgan fingerprint density at radius 2 is 1.78 bits per heavy atom. The molecule has 0 saturated carbocycles. The molecule has 1 amide bonds. The number of hydrogen-bond donors (Lipinski definition) is 1. The molecular formula is C19H21NO3. The Bertz CT molecular complexity index is 695. The normalized spacial score (nSPS) is 10.2. The van der Waals surface area contributed by atoms with Crippen LogP contribution in [-0.4, -0.2) is 18.5 Å². The van der Waals surface area contributed by atoms with Crippen LogP contribution in [0, 0.1) is 6.92 Å². The summed E-state index contributed by atoms with van der Waals surface area (Å²) >= 11 is 0. The fourth-order valence-corrected chi connectivity index (χ4v) is 2.11. The number of anilines is 1. The molecule has 0 bridgehead atoms. The molecule has 4 nitrogen and oxygen atoms in total. The molecule has 0 fully saturated rings. The predicted octanol–water partition coefficient (Wildman–Crippen LogP) is 4.20. The fourth-order valence-electron chi connectivity index (χ4n) is 2.11. The lowest BCUT2D eigenvalue weighted by Gasteiger charge is -2.08. The number of carbonyl (C=O) groups excluding carboxylic acids is 2. The van der Waals surface area contributed by atoms with E-state index in [2.05, 4.69) is 5.32 Å². The Balaban J connectivity index is 2.06. The largest absolute Gasteiger partial charge is 0.462 e. The van der Waals surface area contributed by atoms with Gasteiger partial charge < -0.3 is 10.1 Å². The van der Waals surface area contributed by atoms with Crippen molar-refractivity contribution in [3.63, 3.8) is 0 Å². The van der Waals surface area contributed by atoms with Crippen LogP contribution in [0.15, 0.2) is 48.5 Å². The van der Waals surface area contributed by atoms with Crippen molar-refractivity contribution in [3.05, 3.63) is 65.2 Å². The summed E-state index contributed by atoms with van der Waals surface area (Å²) in [6, 6.07) is 14.1. The maximum absolute atomic E-state index is 12.3. The number of benzene rings is 2. The van der Waals surface area contributed by atoms with Gasteiger partial charge in [0.15, 0.2) is 0 Å². The van der Waals surface area contributed by atoms with Crippen LogP contribution in [0.3, 0.4) is 0 Å². The van der Waals surface area contributed by atoms with E-state index < -0.39 is 5.97 Å². The number of hydrogen-bond acceptors (Lipinski definition) is 3. The minimum Gasteiger partial charge on any atom is -0.462 e. The summed E-state index contributed by atoms with van der Waals surface area (Å²) in [5.74, 6) is -0.650. The molecule has 0 aromatic heterocycles. The Labute approximate surface area is 136 Å². The Hall–Kier alpha value is -2.62. The van der Waals surface area contributed by atoms with Crippen LogP contribution >= 0.6 is 0 Å². The highest BCUT2D eigenvalue weighted by Gasteiger charge is 2.11.